The monoisotopic (exact) mass is 231 g/mol. The third-order valence-corrected chi connectivity index (χ3v) is 2.19. The van der Waals surface area contributed by atoms with Gasteiger partial charge in [-0.15, -0.1) is 0 Å². The average molecular weight is 231 g/mol. The van der Waals surface area contributed by atoms with Gasteiger partial charge in [-0.05, 0) is 26.2 Å². The Labute approximate surface area is 98.4 Å². The van der Waals surface area contributed by atoms with E-state index in [4.69, 9.17) is 4.74 Å². The van der Waals surface area contributed by atoms with Crippen LogP contribution in [0.15, 0.2) is 0 Å². The fourth-order valence-electron chi connectivity index (χ4n) is 1.64. The molecule has 0 radical (unpaired) electrons. The molecule has 1 atom stereocenters. The molecular formula is C12H25NO3. The molecule has 0 aromatic carbocycles. The van der Waals surface area contributed by atoms with E-state index < -0.39 is 5.60 Å². The van der Waals surface area contributed by atoms with Gasteiger partial charge in [-0.25, -0.2) is 0 Å². The van der Waals surface area contributed by atoms with Crippen LogP contribution in [0.4, 0.5) is 0 Å². The van der Waals surface area contributed by atoms with Crippen molar-refractivity contribution in [2.45, 2.75) is 46.1 Å². The molecule has 0 aliphatic rings. The van der Waals surface area contributed by atoms with Crippen molar-refractivity contribution in [2.24, 2.45) is 5.92 Å². The molecular weight excluding hydrogens is 206 g/mol. The van der Waals surface area contributed by atoms with Crippen LogP contribution in [0.1, 0.15) is 40.5 Å². The average Bonchev–Trinajstić information content (AvgIpc) is 2.13. The molecule has 16 heavy (non-hydrogen) atoms. The van der Waals surface area contributed by atoms with Gasteiger partial charge < -0.3 is 15.2 Å². The molecule has 2 N–H and O–H groups in total. The third kappa shape index (κ3) is 8.68. The van der Waals surface area contributed by atoms with Gasteiger partial charge in [0.15, 0.2) is 0 Å². The molecule has 0 bridgehead atoms. The van der Waals surface area contributed by atoms with Crippen LogP contribution in [0.25, 0.3) is 0 Å². The van der Waals surface area contributed by atoms with Crippen molar-refractivity contribution in [2.75, 3.05) is 19.8 Å². The van der Waals surface area contributed by atoms with Gasteiger partial charge in [0.1, 0.15) is 0 Å². The van der Waals surface area contributed by atoms with Crippen molar-refractivity contribution in [1.82, 2.24) is 5.32 Å². The van der Waals surface area contributed by atoms with Crippen LogP contribution in [0, 0.1) is 5.92 Å². The van der Waals surface area contributed by atoms with Crippen molar-refractivity contribution in [3.63, 3.8) is 0 Å². The van der Waals surface area contributed by atoms with Crippen molar-refractivity contribution >= 4 is 5.91 Å². The first kappa shape index (κ1) is 15.4. The standard InChI is InChI=1S/C12H25NO3/c1-5-16-7-6-11(14)13-9-12(4,15)8-10(2)3/h10,15H,5-9H2,1-4H3,(H,13,14). The second-order valence-corrected chi connectivity index (χ2v) is 4.82. The van der Waals surface area contributed by atoms with E-state index in [1.807, 2.05) is 20.8 Å². The van der Waals surface area contributed by atoms with Crippen molar-refractivity contribution in [1.29, 1.82) is 0 Å². The summed E-state index contributed by atoms with van der Waals surface area (Å²) in [6, 6.07) is 0. The number of aliphatic hydroxyl groups is 1. The maximum absolute atomic E-state index is 11.3. The number of carbonyl (C=O) groups excluding carboxylic acids is 1. The topological polar surface area (TPSA) is 58.6 Å². The molecule has 96 valence electrons. The maximum Gasteiger partial charge on any atom is 0.222 e. The minimum Gasteiger partial charge on any atom is -0.388 e. The summed E-state index contributed by atoms with van der Waals surface area (Å²) in [7, 11) is 0. The SMILES string of the molecule is CCOCCC(=O)NCC(C)(O)CC(C)C. The lowest BCUT2D eigenvalue weighted by atomic mass is 9.94. The van der Waals surface area contributed by atoms with Crippen molar-refractivity contribution in [3.05, 3.63) is 0 Å². The summed E-state index contributed by atoms with van der Waals surface area (Å²) in [6.07, 6.45) is 1.03. The van der Waals surface area contributed by atoms with E-state index in [2.05, 4.69) is 5.32 Å². The number of rotatable bonds is 8. The van der Waals surface area contributed by atoms with Gasteiger partial charge in [-0.3, -0.25) is 4.79 Å². The summed E-state index contributed by atoms with van der Waals surface area (Å²) < 4.78 is 5.08. The Balaban J connectivity index is 3.72. The second kappa shape index (κ2) is 7.63. The van der Waals surface area contributed by atoms with E-state index in [9.17, 15) is 9.90 Å². The highest BCUT2D eigenvalue weighted by atomic mass is 16.5. The molecule has 0 saturated carbocycles. The molecule has 0 rings (SSSR count). The van der Waals surface area contributed by atoms with E-state index in [1.165, 1.54) is 0 Å². The molecule has 0 fully saturated rings. The Morgan fingerprint density at radius 2 is 2.12 bits per heavy atom. The highest BCUT2D eigenvalue weighted by Gasteiger charge is 2.22. The van der Waals surface area contributed by atoms with Gasteiger partial charge in [-0.1, -0.05) is 13.8 Å². The summed E-state index contributed by atoms with van der Waals surface area (Å²) >= 11 is 0. The largest absolute Gasteiger partial charge is 0.388 e. The van der Waals surface area contributed by atoms with Gasteiger partial charge in [0.05, 0.1) is 12.2 Å². The van der Waals surface area contributed by atoms with E-state index >= 15 is 0 Å². The Bertz CT molecular complexity index is 202. The van der Waals surface area contributed by atoms with E-state index in [1.54, 1.807) is 6.92 Å². The lowest BCUT2D eigenvalue weighted by Gasteiger charge is -2.25. The lowest BCUT2D eigenvalue weighted by molar-refractivity contribution is -0.123. The summed E-state index contributed by atoms with van der Waals surface area (Å²) in [4.78, 5) is 11.3. The summed E-state index contributed by atoms with van der Waals surface area (Å²) in [5.41, 5.74) is -0.824. The molecule has 4 nitrogen and oxygen atoms in total. The van der Waals surface area contributed by atoms with Crippen LogP contribution in [-0.2, 0) is 9.53 Å². The summed E-state index contributed by atoms with van der Waals surface area (Å²) in [6.45, 7) is 9.10. The number of hydrogen-bond donors (Lipinski definition) is 2. The number of ether oxygens (including phenoxy) is 1. The van der Waals surface area contributed by atoms with Crippen LogP contribution in [0.3, 0.4) is 0 Å². The smallest absolute Gasteiger partial charge is 0.222 e. The molecule has 0 aliphatic carbocycles. The summed E-state index contributed by atoms with van der Waals surface area (Å²) in [5, 5.41) is 12.7. The predicted molar refractivity (Wildman–Crippen MR) is 64.2 cm³/mol. The Morgan fingerprint density at radius 1 is 1.50 bits per heavy atom. The number of hydrogen-bond acceptors (Lipinski definition) is 3. The predicted octanol–water partition coefficient (Wildman–Crippen LogP) is 1.33. The first-order chi connectivity index (χ1) is 7.37. The highest BCUT2D eigenvalue weighted by molar-refractivity contribution is 5.76. The van der Waals surface area contributed by atoms with E-state index in [0.717, 1.165) is 0 Å². The van der Waals surface area contributed by atoms with Gasteiger partial charge >= 0.3 is 0 Å². The molecule has 0 saturated heterocycles. The number of nitrogens with one attached hydrogen (secondary N) is 1. The zero-order chi connectivity index (χ0) is 12.6. The zero-order valence-electron chi connectivity index (χ0n) is 10.9. The van der Waals surface area contributed by atoms with Gasteiger partial charge in [-0.2, -0.15) is 0 Å². The van der Waals surface area contributed by atoms with Crippen LogP contribution in [0.5, 0.6) is 0 Å². The minimum atomic E-state index is -0.824. The van der Waals surface area contributed by atoms with Crippen molar-refractivity contribution < 1.29 is 14.6 Å². The molecule has 0 spiro atoms. The minimum absolute atomic E-state index is 0.0718. The molecule has 0 aromatic heterocycles. The van der Waals surface area contributed by atoms with Crippen molar-refractivity contribution in [3.8, 4) is 0 Å². The van der Waals surface area contributed by atoms with Crippen LogP contribution >= 0.6 is 0 Å². The Hall–Kier alpha value is -0.610. The molecule has 0 aliphatic heterocycles. The molecule has 1 unspecified atom stereocenters. The highest BCUT2D eigenvalue weighted by Crippen LogP contribution is 2.14. The van der Waals surface area contributed by atoms with Gasteiger partial charge in [0, 0.05) is 19.6 Å². The Kier molecular flexibility index (Phi) is 7.34. The van der Waals surface area contributed by atoms with Crippen LogP contribution in [0.2, 0.25) is 0 Å². The molecule has 4 heteroatoms. The quantitative estimate of drug-likeness (QED) is 0.620. The van der Waals surface area contributed by atoms with Gasteiger partial charge in [0.25, 0.3) is 0 Å². The van der Waals surface area contributed by atoms with Crippen LogP contribution < -0.4 is 5.32 Å². The fraction of sp³-hybridized carbons (Fsp3) is 0.917. The number of amides is 1. The lowest BCUT2D eigenvalue weighted by Crippen LogP contribution is -2.41. The van der Waals surface area contributed by atoms with Gasteiger partial charge in [0.2, 0.25) is 5.91 Å². The molecule has 0 heterocycles. The first-order valence-electron chi connectivity index (χ1n) is 5.94. The maximum atomic E-state index is 11.3. The normalized spacial score (nSPS) is 14.9. The molecule has 0 aromatic rings. The first-order valence-corrected chi connectivity index (χ1v) is 5.94. The second-order valence-electron chi connectivity index (χ2n) is 4.82. The number of carbonyl (C=O) groups is 1. The van der Waals surface area contributed by atoms with E-state index in [0.29, 0.717) is 38.5 Å². The zero-order valence-corrected chi connectivity index (χ0v) is 10.9. The van der Waals surface area contributed by atoms with E-state index in [-0.39, 0.29) is 5.91 Å². The summed E-state index contributed by atoms with van der Waals surface area (Å²) in [5.74, 6) is 0.341. The Morgan fingerprint density at radius 3 is 2.62 bits per heavy atom. The molecule has 1 amide bonds. The fourth-order valence-corrected chi connectivity index (χ4v) is 1.64. The van der Waals surface area contributed by atoms with Crippen LogP contribution in [-0.4, -0.2) is 36.4 Å². The third-order valence-electron chi connectivity index (χ3n) is 2.19.